The van der Waals surface area contributed by atoms with Crippen LogP contribution in [-0.2, 0) is 0 Å². The Labute approximate surface area is 155 Å². The lowest BCUT2D eigenvalue weighted by Gasteiger charge is -2.17. The summed E-state index contributed by atoms with van der Waals surface area (Å²) in [5, 5.41) is 3.80. The number of nitrogens with zero attached hydrogens (tertiary/aromatic N) is 2. The van der Waals surface area contributed by atoms with Crippen molar-refractivity contribution in [1.82, 2.24) is 9.97 Å². The van der Waals surface area contributed by atoms with Crippen LogP contribution in [-0.4, -0.2) is 18.0 Å². The average molecular weight is 357 g/mol. The van der Waals surface area contributed by atoms with Gasteiger partial charge in [-0.3, -0.25) is 9.97 Å². The fourth-order valence-corrected chi connectivity index (χ4v) is 4.62. The number of fused-ring (bicyclic) bond motifs is 3. The molecule has 26 heavy (non-hydrogen) atoms. The molecule has 2 heterocycles. The zero-order valence-corrected chi connectivity index (χ0v) is 17.1. The van der Waals surface area contributed by atoms with Crippen LogP contribution in [0.3, 0.4) is 0 Å². The van der Waals surface area contributed by atoms with Crippen molar-refractivity contribution in [2.24, 2.45) is 0 Å². The molecule has 0 unspecified atom stereocenters. The largest absolute Gasteiger partial charge is 0.251 e. The van der Waals surface area contributed by atoms with E-state index in [1.165, 1.54) is 21.7 Å². The maximum atomic E-state index is 4.83. The minimum Gasteiger partial charge on any atom is -0.251 e. The zero-order valence-electron chi connectivity index (χ0n) is 16.1. The summed E-state index contributed by atoms with van der Waals surface area (Å²) in [5.41, 5.74) is 6.50. The summed E-state index contributed by atoms with van der Waals surface area (Å²) >= 11 is 0. The van der Waals surface area contributed by atoms with Crippen LogP contribution < -0.4 is 5.19 Å². The van der Waals surface area contributed by atoms with Crippen LogP contribution in [0.25, 0.3) is 32.9 Å². The number of rotatable bonds is 2. The molecule has 0 saturated heterocycles. The molecule has 4 rings (SSSR count). The molecule has 0 aliphatic heterocycles. The maximum Gasteiger partial charge on any atom is 0.0974 e. The fourth-order valence-electron chi connectivity index (χ4n) is 3.45. The van der Waals surface area contributed by atoms with Gasteiger partial charge < -0.3 is 0 Å². The lowest BCUT2D eigenvalue weighted by Crippen LogP contribution is -2.37. The van der Waals surface area contributed by atoms with Crippen LogP contribution >= 0.6 is 0 Å². The minimum atomic E-state index is -1.29. The minimum absolute atomic E-state index is 0.992. The van der Waals surface area contributed by atoms with Gasteiger partial charge in [0.15, 0.2) is 0 Å². The van der Waals surface area contributed by atoms with Crippen molar-refractivity contribution in [2.75, 3.05) is 0 Å². The Morgan fingerprint density at radius 3 is 1.96 bits per heavy atom. The first kappa shape index (κ1) is 16.9. The fraction of sp³-hybridized carbons (Fsp3) is 0.217. The van der Waals surface area contributed by atoms with Crippen LogP contribution in [0.1, 0.15) is 11.4 Å². The van der Waals surface area contributed by atoms with Gasteiger partial charge in [0.25, 0.3) is 0 Å². The van der Waals surface area contributed by atoms with Gasteiger partial charge in [-0.25, -0.2) is 0 Å². The van der Waals surface area contributed by atoms with Gasteiger partial charge in [0.05, 0.1) is 19.1 Å². The average Bonchev–Trinajstić information content (AvgIpc) is 2.60. The number of aromatic nitrogens is 2. The predicted molar refractivity (Wildman–Crippen MR) is 115 cm³/mol. The highest BCUT2D eigenvalue weighted by molar-refractivity contribution is 6.88. The van der Waals surface area contributed by atoms with Crippen LogP contribution in [0.4, 0.5) is 0 Å². The van der Waals surface area contributed by atoms with Gasteiger partial charge >= 0.3 is 0 Å². The number of hydrogen-bond donors (Lipinski definition) is 0. The van der Waals surface area contributed by atoms with E-state index in [0.29, 0.717) is 0 Å². The molecule has 130 valence electrons. The molecule has 0 bridgehead atoms. The SMILES string of the molecule is Cc1ccc2cc(-c3ccc([Si](C)(C)C)cc3)c3ccc(C)nc3c2n1. The smallest absolute Gasteiger partial charge is 0.0974 e. The highest BCUT2D eigenvalue weighted by Gasteiger charge is 2.17. The third kappa shape index (κ3) is 2.93. The molecule has 0 amide bonds. The topological polar surface area (TPSA) is 25.8 Å². The van der Waals surface area contributed by atoms with E-state index in [0.717, 1.165) is 27.8 Å². The Kier molecular flexibility index (Phi) is 3.92. The molecule has 2 aromatic heterocycles. The number of pyridine rings is 2. The van der Waals surface area contributed by atoms with Crippen LogP contribution in [0, 0.1) is 13.8 Å². The van der Waals surface area contributed by atoms with E-state index in [1.807, 2.05) is 13.8 Å². The molecular weight excluding hydrogens is 332 g/mol. The van der Waals surface area contributed by atoms with E-state index in [-0.39, 0.29) is 0 Å². The van der Waals surface area contributed by atoms with Crippen molar-refractivity contribution in [3.8, 4) is 11.1 Å². The summed E-state index contributed by atoms with van der Waals surface area (Å²) in [6, 6.07) is 19.9. The van der Waals surface area contributed by atoms with Gasteiger partial charge in [0, 0.05) is 22.2 Å². The van der Waals surface area contributed by atoms with Gasteiger partial charge in [0.2, 0.25) is 0 Å². The maximum absolute atomic E-state index is 4.83. The normalized spacial score (nSPS) is 12.0. The summed E-state index contributed by atoms with van der Waals surface area (Å²) in [4.78, 5) is 9.60. The van der Waals surface area contributed by atoms with Crippen LogP contribution in [0.5, 0.6) is 0 Å². The molecule has 0 radical (unpaired) electrons. The summed E-state index contributed by atoms with van der Waals surface area (Å²) in [6.45, 7) is 11.2. The molecule has 0 aliphatic carbocycles. The van der Waals surface area contributed by atoms with E-state index < -0.39 is 8.07 Å². The first-order chi connectivity index (χ1) is 12.3. The van der Waals surface area contributed by atoms with Crippen molar-refractivity contribution in [2.45, 2.75) is 33.5 Å². The van der Waals surface area contributed by atoms with Crippen LogP contribution in [0.2, 0.25) is 19.6 Å². The Morgan fingerprint density at radius 2 is 1.31 bits per heavy atom. The third-order valence-corrected chi connectivity index (χ3v) is 7.04. The highest BCUT2D eigenvalue weighted by atomic mass is 28.3. The molecule has 0 N–H and O–H groups in total. The van der Waals surface area contributed by atoms with Crippen molar-refractivity contribution in [3.63, 3.8) is 0 Å². The second-order valence-electron chi connectivity index (χ2n) is 8.12. The van der Waals surface area contributed by atoms with E-state index in [4.69, 9.17) is 9.97 Å². The Morgan fingerprint density at radius 1 is 0.692 bits per heavy atom. The van der Waals surface area contributed by atoms with E-state index in [1.54, 1.807) is 0 Å². The predicted octanol–water partition coefficient (Wildman–Crippen LogP) is 5.61. The number of hydrogen-bond acceptors (Lipinski definition) is 2. The molecule has 2 nitrogen and oxygen atoms in total. The van der Waals surface area contributed by atoms with E-state index in [9.17, 15) is 0 Å². The summed E-state index contributed by atoms with van der Waals surface area (Å²) in [7, 11) is -1.29. The lowest BCUT2D eigenvalue weighted by molar-refractivity contribution is 1.23. The molecule has 0 aliphatic rings. The molecule has 0 fully saturated rings. The first-order valence-corrected chi connectivity index (χ1v) is 12.6. The second-order valence-corrected chi connectivity index (χ2v) is 13.2. The lowest BCUT2D eigenvalue weighted by atomic mass is 9.97. The Hall–Kier alpha value is -2.52. The second kappa shape index (κ2) is 6.03. The summed E-state index contributed by atoms with van der Waals surface area (Å²) < 4.78 is 0. The van der Waals surface area contributed by atoms with Gasteiger partial charge in [0.1, 0.15) is 0 Å². The van der Waals surface area contributed by atoms with Crippen molar-refractivity contribution >= 4 is 35.1 Å². The Balaban J connectivity index is 2.01. The van der Waals surface area contributed by atoms with Gasteiger partial charge in [-0.05, 0) is 43.2 Å². The molecule has 0 atom stereocenters. The van der Waals surface area contributed by atoms with E-state index in [2.05, 4.69) is 74.2 Å². The van der Waals surface area contributed by atoms with Gasteiger partial charge in [-0.2, -0.15) is 0 Å². The third-order valence-electron chi connectivity index (χ3n) is 4.98. The number of benzene rings is 2. The van der Waals surface area contributed by atoms with Crippen molar-refractivity contribution < 1.29 is 0 Å². The quantitative estimate of drug-likeness (QED) is 0.344. The van der Waals surface area contributed by atoms with E-state index >= 15 is 0 Å². The van der Waals surface area contributed by atoms with Gasteiger partial charge in [-0.1, -0.05) is 61.2 Å². The molecule has 4 aromatic rings. The zero-order chi connectivity index (χ0) is 18.5. The molecule has 0 saturated carbocycles. The first-order valence-electron chi connectivity index (χ1n) is 9.11. The highest BCUT2D eigenvalue weighted by Crippen LogP contribution is 2.33. The molecular formula is C23H24N2Si. The number of aryl methyl sites for hydroxylation is 2. The van der Waals surface area contributed by atoms with Crippen molar-refractivity contribution in [1.29, 1.82) is 0 Å². The standard InChI is InChI=1S/C23H24N2Si/c1-15-6-8-18-14-21(17-9-11-19(12-10-17)26(3,4)5)20-13-7-16(2)25-23(20)22(18)24-15/h6-14H,1-5H3. The summed E-state index contributed by atoms with van der Waals surface area (Å²) in [6.07, 6.45) is 0. The monoisotopic (exact) mass is 356 g/mol. The molecule has 2 aromatic carbocycles. The molecule has 0 spiro atoms. The van der Waals surface area contributed by atoms with Gasteiger partial charge in [-0.15, -0.1) is 0 Å². The molecule has 3 heteroatoms. The Bertz CT molecular complexity index is 1120. The summed E-state index contributed by atoms with van der Waals surface area (Å²) in [5.74, 6) is 0. The van der Waals surface area contributed by atoms with Crippen LogP contribution in [0.15, 0.2) is 54.6 Å². The van der Waals surface area contributed by atoms with Crippen molar-refractivity contribution in [3.05, 3.63) is 66.0 Å².